The second-order valence-corrected chi connectivity index (χ2v) is 6.21. The van der Waals surface area contributed by atoms with Crippen LogP contribution < -0.4 is 29.1 Å². The molecule has 0 bridgehead atoms. The van der Waals surface area contributed by atoms with E-state index in [4.69, 9.17) is 23.7 Å². The summed E-state index contributed by atoms with van der Waals surface area (Å²) in [6.45, 7) is 0. The fourth-order valence-corrected chi connectivity index (χ4v) is 3.08. The zero-order chi connectivity index (χ0) is 20.7. The number of hydrazone groups is 1. The lowest BCUT2D eigenvalue weighted by Gasteiger charge is -2.13. The SMILES string of the molecule is COc1cc(/C=N\NC(=O)c2cc(OC)c(OC)c(OC)c2)cc(Br)c1OC. The van der Waals surface area contributed by atoms with Crippen LogP contribution in [0.4, 0.5) is 0 Å². The third-order valence-electron chi connectivity index (χ3n) is 3.76. The normalized spacial score (nSPS) is 10.5. The molecule has 0 aromatic heterocycles. The molecule has 150 valence electrons. The van der Waals surface area contributed by atoms with Crippen LogP contribution >= 0.6 is 15.9 Å². The van der Waals surface area contributed by atoms with Crippen LogP contribution in [0.1, 0.15) is 15.9 Å². The van der Waals surface area contributed by atoms with Gasteiger partial charge in [-0.05, 0) is 45.8 Å². The van der Waals surface area contributed by atoms with Crippen molar-refractivity contribution in [2.24, 2.45) is 5.10 Å². The van der Waals surface area contributed by atoms with Crippen LogP contribution in [0.5, 0.6) is 28.7 Å². The Labute approximate surface area is 171 Å². The average Bonchev–Trinajstić information content (AvgIpc) is 2.71. The van der Waals surface area contributed by atoms with E-state index >= 15 is 0 Å². The molecular weight excluding hydrogens is 432 g/mol. The minimum absolute atomic E-state index is 0.306. The number of ether oxygens (including phenoxy) is 5. The summed E-state index contributed by atoms with van der Waals surface area (Å²) < 4.78 is 27.0. The molecule has 0 radical (unpaired) electrons. The first-order valence-electron chi connectivity index (χ1n) is 8.03. The van der Waals surface area contributed by atoms with E-state index in [1.807, 2.05) is 0 Å². The highest BCUT2D eigenvalue weighted by Crippen LogP contribution is 2.38. The van der Waals surface area contributed by atoms with Crippen molar-refractivity contribution in [3.63, 3.8) is 0 Å². The summed E-state index contributed by atoms with van der Waals surface area (Å²) in [6, 6.07) is 6.60. The zero-order valence-electron chi connectivity index (χ0n) is 16.2. The summed E-state index contributed by atoms with van der Waals surface area (Å²) >= 11 is 3.41. The first-order valence-corrected chi connectivity index (χ1v) is 8.83. The molecular formula is C19H21BrN2O6. The fraction of sp³-hybridized carbons (Fsp3) is 0.263. The van der Waals surface area contributed by atoms with E-state index in [1.54, 1.807) is 31.4 Å². The van der Waals surface area contributed by atoms with E-state index in [9.17, 15) is 4.79 Å². The van der Waals surface area contributed by atoms with Gasteiger partial charge in [0.25, 0.3) is 5.91 Å². The number of rotatable bonds is 8. The van der Waals surface area contributed by atoms with E-state index in [0.717, 1.165) is 0 Å². The summed E-state index contributed by atoms with van der Waals surface area (Å²) in [6.07, 6.45) is 1.49. The standard InChI is InChI=1S/C19H21BrN2O6/c1-24-14-7-11(6-13(20)17(14)27-4)10-21-22-19(23)12-8-15(25-2)18(28-5)16(9-12)26-3/h6-10H,1-5H3,(H,22,23)/b21-10-. The van der Waals surface area contributed by atoms with Crippen molar-refractivity contribution in [1.29, 1.82) is 0 Å². The monoisotopic (exact) mass is 452 g/mol. The van der Waals surface area contributed by atoms with Gasteiger partial charge in [0.15, 0.2) is 23.0 Å². The smallest absolute Gasteiger partial charge is 0.271 e. The van der Waals surface area contributed by atoms with Gasteiger partial charge in [0.2, 0.25) is 5.75 Å². The minimum atomic E-state index is -0.435. The second-order valence-electron chi connectivity index (χ2n) is 5.35. The van der Waals surface area contributed by atoms with Gasteiger partial charge in [-0.25, -0.2) is 5.43 Å². The molecule has 0 saturated heterocycles. The molecule has 0 unspecified atom stereocenters. The number of benzene rings is 2. The molecule has 1 N–H and O–H groups in total. The number of carbonyl (C=O) groups excluding carboxylic acids is 1. The topological polar surface area (TPSA) is 87.6 Å². The van der Waals surface area contributed by atoms with Crippen molar-refractivity contribution in [3.05, 3.63) is 39.9 Å². The summed E-state index contributed by atoms with van der Waals surface area (Å²) in [5, 5.41) is 3.99. The fourth-order valence-electron chi connectivity index (χ4n) is 2.45. The van der Waals surface area contributed by atoms with Crippen LogP contribution in [-0.4, -0.2) is 47.7 Å². The number of methoxy groups -OCH3 is 5. The highest BCUT2D eigenvalue weighted by Gasteiger charge is 2.16. The van der Waals surface area contributed by atoms with Crippen molar-refractivity contribution in [2.45, 2.75) is 0 Å². The molecule has 2 aromatic rings. The number of amides is 1. The molecule has 1 amide bonds. The van der Waals surface area contributed by atoms with Gasteiger partial charge in [-0.15, -0.1) is 0 Å². The molecule has 0 fully saturated rings. The van der Waals surface area contributed by atoms with Crippen LogP contribution in [0.15, 0.2) is 33.8 Å². The van der Waals surface area contributed by atoms with E-state index in [0.29, 0.717) is 44.3 Å². The Morgan fingerprint density at radius 1 is 0.857 bits per heavy atom. The molecule has 2 aromatic carbocycles. The first kappa shape index (κ1) is 21.4. The maximum absolute atomic E-state index is 12.4. The Bertz CT molecular complexity index is 860. The van der Waals surface area contributed by atoms with E-state index in [1.165, 1.54) is 34.7 Å². The number of carbonyl (C=O) groups is 1. The Kier molecular flexibility index (Phi) is 7.51. The molecule has 0 saturated carbocycles. The van der Waals surface area contributed by atoms with Gasteiger partial charge >= 0.3 is 0 Å². The van der Waals surface area contributed by atoms with Crippen molar-refractivity contribution in [2.75, 3.05) is 35.5 Å². The third kappa shape index (κ3) is 4.66. The van der Waals surface area contributed by atoms with Crippen LogP contribution in [0.25, 0.3) is 0 Å². The highest BCUT2D eigenvalue weighted by molar-refractivity contribution is 9.10. The summed E-state index contributed by atoms with van der Waals surface area (Å²) in [4.78, 5) is 12.4. The van der Waals surface area contributed by atoms with Crippen molar-refractivity contribution >= 4 is 28.1 Å². The maximum atomic E-state index is 12.4. The maximum Gasteiger partial charge on any atom is 0.271 e. The summed E-state index contributed by atoms with van der Waals surface area (Å²) in [5.41, 5.74) is 3.47. The zero-order valence-corrected chi connectivity index (χ0v) is 17.7. The van der Waals surface area contributed by atoms with Gasteiger partial charge in [0.1, 0.15) is 0 Å². The van der Waals surface area contributed by atoms with Gasteiger partial charge in [-0.3, -0.25) is 4.79 Å². The Morgan fingerprint density at radius 3 is 1.89 bits per heavy atom. The van der Waals surface area contributed by atoms with E-state index < -0.39 is 5.91 Å². The van der Waals surface area contributed by atoms with Gasteiger partial charge < -0.3 is 23.7 Å². The largest absolute Gasteiger partial charge is 0.493 e. The Hall–Kier alpha value is -2.94. The number of halogens is 1. The number of hydrogen-bond donors (Lipinski definition) is 1. The Morgan fingerprint density at radius 2 is 1.39 bits per heavy atom. The number of nitrogens with zero attached hydrogens (tertiary/aromatic N) is 1. The summed E-state index contributed by atoms with van der Waals surface area (Å²) in [5.74, 6) is 1.82. The van der Waals surface area contributed by atoms with Crippen molar-refractivity contribution < 1.29 is 28.5 Å². The number of hydrogen-bond acceptors (Lipinski definition) is 7. The molecule has 0 heterocycles. The average molecular weight is 453 g/mol. The van der Waals surface area contributed by atoms with Crippen molar-refractivity contribution in [3.8, 4) is 28.7 Å². The van der Waals surface area contributed by atoms with Gasteiger partial charge in [0.05, 0.1) is 46.2 Å². The van der Waals surface area contributed by atoms with Gasteiger partial charge in [-0.2, -0.15) is 5.10 Å². The molecule has 0 atom stereocenters. The predicted molar refractivity (Wildman–Crippen MR) is 108 cm³/mol. The lowest BCUT2D eigenvalue weighted by atomic mass is 10.1. The second kappa shape index (κ2) is 9.84. The molecule has 2 rings (SSSR count). The van der Waals surface area contributed by atoms with Gasteiger partial charge in [-0.1, -0.05) is 0 Å². The van der Waals surface area contributed by atoms with E-state index in [2.05, 4.69) is 26.5 Å². The lowest BCUT2D eigenvalue weighted by Crippen LogP contribution is -2.18. The van der Waals surface area contributed by atoms with Crippen molar-refractivity contribution in [1.82, 2.24) is 5.43 Å². The molecule has 0 aliphatic heterocycles. The molecule has 0 aliphatic rings. The van der Waals surface area contributed by atoms with E-state index in [-0.39, 0.29) is 0 Å². The highest BCUT2D eigenvalue weighted by atomic mass is 79.9. The predicted octanol–water partition coefficient (Wildman–Crippen LogP) is 3.26. The third-order valence-corrected chi connectivity index (χ3v) is 4.35. The molecule has 8 nitrogen and oxygen atoms in total. The van der Waals surface area contributed by atoms with Gasteiger partial charge in [0, 0.05) is 5.56 Å². The first-order chi connectivity index (χ1) is 13.5. The van der Waals surface area contributed by atoms with Crippen LogP contribution in [0.2, 0.25) is 0 Å². The van der Waals surface area contributed by atoms with Crippen LogP contribution in [-0.2, 0) is 0 Å². The summed E-state index contributed by atoms with van der Waals surface area (Å²) in [7, 11) is 7.54. The molecule has 9 heteroatoms. The Balaban J connectivity index is 2.21. The quantitative estimate of drug-likeness (QED) is 0.488. The molecule has 28 heavy (non-hydrogen) atoms. The molecule has 0 spiro atoms. The van der Waals surface area contributed by atoms with Crippen LogP contribution in [0, 0.1) is 0 Å². The lowest BCUT2D eigenvalue weighted by molar-refractivity contribution is 0.0954. The molecule has 0 aliphatic carbocycles. The number of nitrogens with one attached hydrogen (secondary N) is 1. The minimum Gasteiger partial charge on any atom is -0.493 e. The van der Waals surface area contributed by atoms with Crippen LogP contribution in [0.3, 0.4) is 0 Å².